The number of phenolic OH excluding ortho intramolecular Hbond substituents is 1. The molecule has 1 aliphatic rings. The standard InChI is InChI=1S/C31H31N2O.Pt/c1-3-5-18-31(19-6-4-2)25-15-14-22(27-12-9-10-20-32-27)21-24(25)30-26(31)16-17-28(33-30)23-11-7-8-13-29(23)34;/h7-17,20,34H,3-6,18-19H2,1-2H3;/q-1;. The Morgan fingerprint density at radius 1 is 0.800 bits per heavy atom. The number of hydrogen-bond acceptors (Lipinski definition) is 3. The summed E-state index contributed by atoms with van der Waals surface area (Å²) in [6.45, 7) is 4.53. The van der Waals surface area contributed by atoms with E-state index in [1.165, 1.54) is 24.0 Å². The average molecular weight is 643 g/mol. The van der Waals surface area contributed by atoms with Gasteiger partial charge in [0.05, 0.1) is 5.69 Å². The van der Waals surface area contributed by atoms with Crippen molar-refractivity contribution in [1.29, 1.82) is 0 Å². The van der Waals surface area contributed by atoms with Crippen molar-refractivity contribution in [1.82, 2.24) is 9.97 Å². The zero-order valence-corrected chi connectivity index (χ0v) is 22.6. The van der Waals surface area contributed by atoms with Crippen LogP contribution in [0.3, 0.4) is 0 Å². The number of benzene rings is 2. The molecule has 35 heavy (non-hydrogen) atoms. The molecule has 0 spiro atoms. The van der Waals surface area contributed by atoms with Crippen LogP contribution in [0.25, 0.3) is 33.8 Å². The summed E-state index contributed by atoms with van der Waals surface area (Å²) in [5, 5.41) is 10.5. The predicted octanol–water partition coefficient (Wildman–Crippen LogP) is 7.96. The van der Waals surface area contributed by atoms with E-state index in [4.69, 9.17) is 4.98 Å². The van der Waals surface area contributed by atoms with Crippen molar-refractivity contribution in [2.45, 2.75) is 57.8 Å². The number of unbranched alkanes of at least 4 members (excludes halogenated alkanes) is 2. The molecule has 0 amide bonds. The first kappa shape index (κ1) is 25.3. The summed E-state index contributed by atoms with van der Waals surface area (Å²) in [4.78, 5) is 9.72. The van der Waals surface area contributed by atoms with E-state index >= 15 is 0 Å². The summed E-state index contributed by atoms with van der Waals surface area (Å²) < 4.78 is 0. The fourth-order valence-electron chi connectivity index (χ4n) is 5.39. The van der Waals surface area contributed by atoms with E-state index in [9.17, 15) is 5.11 Å². The Kier molecular flexibility index (Phi) is 7.87. The summed E-state index contributed by atoms with van der Waals surface area (Å²) in [6, 6.07) is 25.9. The Bertz CT molecular complexity index is 1290. The third kappa shape index (κ3) is 4.59. The molecular formula is C31H31N2OPt-. The number of rotatable bonds is 8. The van der Waals surface area contributed by atoms with Gasteiger partial charge in [-0.25, -0.2) is 0 Å². The number of para-hydroxylation sites is 1. The smallest absolute Gasteiger partial charge is 0.124 e. The van der Waals surface area contributed by atoms with Gasteiger partial charge in [0.25, 0.3) is 0 Å². The Hall–Kier alpha value is -2.77. The van der Waals surface area contributed by atoms with Crippen molar-refractivity contribution in [3.63, 3.8) is 0 Å². The third-order valence-electron chi connectivity index (χ3n) is 7.14. The van der Waals surface area contributed by atoms with Crippen LogP contribution in [0, 0.1) is 6.07 Å². The molecule has 1 aliphatic carbocycles. The van der Waals surface area contributed by atoms with Crippen molar-refractivity contribution in [2.75, 3.05) is 0 Å². The minimum Gasteiger partial charge on any atom is -0.507 e. The molecule has 0 saturated heterocycles. The summed E-state index contributed by atoms with van der Waals surface area (Å²) in [6.07, 6.45) is 8.72. The van der Waals surface area contributed by atoms with Gasteiger partial charge < -0.3 is 5.11 Å². The normalized spacial score (nSPS) is 13.1. The van der Waals surface area contributed by atoms with Crippen molar-refractivity contribution < 1.29 is 26.2 Å². The van der Waals surface area contributed by atoms with E-state index in [1.54, 1.807) is 6.07 Å². The minimum atomic E-state index is -0.0416. The monoisotopic (exact) mass is 642 g/mol. The summed E-state index contributed by atoms with van der Waals surface area (Å²) in [7, 11) is 0. The zero-order chi connectivity index (χ0) is 23.5. The van der Waals surface area contributed by atoms with Crippen molar-refractivity contribution in [3.8, 4) is 39.5 Å². The van der Waals surface area contributed by atoms with Gasteiger partial charge >= 0.3 is 0 Å². The number of aromatic hydroxyl groups is 1. The maximum atomic E-state index is 10.5. The topological polar surface area (TPSA) is 46.0 Å². The van der Waals surface area contributed by atoms with Crippen LogP contribution in [0.15, 0.2) is 72.9 Å². The van der Waals surface area contributed by atoms with Gasteiger partial charge in [-0.3, -0.25) is 9.97 Å². The second-order valence-electron chi connectivity index (χ2n) is 9.27. The molecule has 0 unspecified atom stereocenters. The van der Waals surface area contributed by atoms with Crippen LogP contribution in [-0.4, -0.2) is 15.1 Å². The molecule has 0 fully saturated rings. The Balaban J connectivity index is 0.00000289. The first-order valence-corrected chi connectivity index (χ1v) is 12.5. The van der Waals surface area contributed by atoms with E-state index in [0.29, 0.717) is 0 Å². The molecule has 5 rings (SSSR count). The van der Waals surface area contributed by atoms with E-state index in [1.807, 2.05) is 42.6 Å². The molecule has 2 heterocycles. The Morgan fingerprint density at radius 2 is 1.51 bits per heavy atom. The van der Waals surface area contributed by atoms with Gasteiger partial charge in [-0.1, -0.05) is 92.1 Å². The minimum absolute atomic E-state index is 0. The van der Waals surface area contributed by atoms with Gasteiger partial charge in [-0.15, -0.1) is 18.2 Å². The molecule has 0 aliphatic heterocycles. The maximum absolute atomic E-state index is 10.5. The maximum Gasteiger partial charge on any atom is 0.124 e. The molecule has 2 aromatic carbocycles. The fraction of sp³-hybridized carbons (Fsp3) is 0.290. The van der Waals surface area contributed by atoms with E-state index in [2.05, 4.69) is 49.2 Å². The van der Waals surface area contributed by atoms with Crippen LogP contribution in [0.4, 0.5) is 0 Å². The molecule has 182 valence electrons. The molecule has 0 atom stereocenters. The SMILES string of the molecule is CCCCC1(CCCC)c2ccc(-c3ccccn3)[c-]c2-c2nc(-c3ccccc3O)ccc21.[Pt]. The van der Waals surface area contributed by atoms with Crippen LogP contribution in [-0.2, 0) is 26.5 Å². The number of nitrogens with zero attached hydrogens (tertiary/aromatic N) is 2. The van der Waals surface area contributed by atoms with Gasteiger partial charge in [-0.2, -0.15) is 0 Å². The van der Waals surface area contributed by atoms with Gasteiger partial charge in [0.15, 0.2) is 0 Å². The molecule has 3 nitrogen and oxygen atoms in total. The first-order chi connectivity index (χ1) is 16.7. The van der Waals surface area contributed by atoms with E-state index < -0.39 is 0 Å². The summed E-state index contributed by atoms with van der Waals surface area (Å²) in [5.74, 6) is 0.252. The molecular weight excluding hydrogens is 611 g/mol. The van der Waals surface area contributed by atoms with E-state index in [0.717, 1.165) is 59.5 Å². The summed E-state index contributed by atoms with van der Waals surface area (Å²) in [5.41, 5.74) is 8.14. The van der Waals surface area contributed by atoms with Crippen molar-refractivity contribution >= 4 is 0 Å². The fourth-order valence-corrected chi connectivity index (χ4v) is 5.39. The molecule has 4 aromatic rings. The van der Waals surface area contributed by atoms with Crippen LogP contribution in [0.2, 0.25) is 0 Å². The number of aromatic nitrogens is 2. The average Bonchev–Trinajstić information content (AvgIpc) is 3.15. The first-order valence-electron chi connectivity index (χ1n) is 12.5. The Labute approximate surface area is 223 Å². The van der Waals surface area contributed by atoms with Crippen molar-refractivity contribution in [3.05, 3.63) is 90.1 Å². The zero-order valence-electron chi connectivity index (χ0n) is 20.3. The van der Waals surface area contributed by atoms with Gasteiger partial charge in [0.2, 0.25) is 0 Å². The predicted molar refractivity (Wildman–Crippen MR) is 139 cm³/mol. The van der Waals surface area contributed by atoms with Gasteiger partial charge in [-0.05, 0) is 42.5 Å². The molecule has 0 radical (unpaired) electrons. The number of pyridine rings is 2. The molecule has 4 heteroatoms. The van der Waals surface area contributed by atoms with Crippen LogP contribution in [0.1, 0.15) is 63.5 Å². The molecule has 0 saturated carbocycles. The molecule has 1 N–H and O–H groups in total. The Morgan fingerprint density at radius 3 is 2.20 bits per heavy atom. The summed E-state index contributed by atoms with van der Waals surface area (Å²) >= 11 is 0. The van der Waals surface area contributed by atoms with Crippen LogP contribution >= 0.6 is 0 Å². The van der Waals surface area contributed by atoms with Gasteiger partial charge in [0.1, 0.15) is 5.75 Å². The number of hydrogen-bond donors (Lipinski definition) is 1. The van der Waals surface area contributed by atoms with Crippen LogP contribution < -0.4 is 0 Å². The van der Waals surface area contributed by atoms with Crippen molar-refractivity contribution in [2.24, 2.45) is 0 Å². The third-order valence-corrected chi connectivity index (χ3v) is 7.14. The van der Waals surface area contributed by atoms with Crippen LogP contribution in [0.5, 0.6) is 5.75 Å². The quantitative estimate of drug-likeness (QED) is 0.199. The second kappa shape index (κ2) is 10.9. The van der Waals surface area contributed by atoms with Gasteiger partial charge in [0, 0.05) is 44.2 Å². The largest absolute Gasteiger partial charge is 0.507 e. The number of phenols is 1. The van der Waals surface area contributed by atoms with E-state index in [-0.39, 0.29) is 32.2 Å². The molecule has 0 bridgehead atoms. The number of fused-ring (bicyclic) bond motifs is 3. The second-order valence-corrected chi connectivity index (χ2v) is 9.27. The molecule has 2 aromatic heterocycles.